The van der Waals surface area contributed by atoms with Crippen molar-refractivity contribution in [3.63, 3.8) is 0 Å². The van der Waals surface area contributed by atoms with Crippen molar-refractivity contribution in [3.05, 3.63) is 39.2 Å². The van der Waals surface area contributed by atoms with Crippen LogP contribution in [0.15, 0.2) is 16.9 Å². The Morgan fingerprint density at radius 1 is 1.41 bits per heavy atom. The summed E-state index contributed by atoms with van der Waals surface area (Å²) >= 11 is 5.89. The van der Waals surface area contributed by atoms with Crippen molar-refractivity contribution in [1.29, 1.82) is 0 Å². The molecule has 6 nitrogen and oxygen atoms in total. The van der Waals surface area contributed by atoms with Gasteiger partial charge in [-0.25, -0.2) is 13.9 Å². The number of ether oxygens (including phenoxy) is 1. The SMILES string of the molecule is C#CCN1C(=O)COc2cc(F)c(-c3nc(C)n(C(F)F)c(=O)c3Cl)cc21. The zero-order valence-electron chi connectivity index (χ0n) is 13.8. The number of carbonyl (C=O) groups excluding carboxylic acids is 1. The number of alkyl halides is 2. The van der Waals surface area contributed by atoms with E-state index in [0.29, 0.717) is 0 Å². The number of halogens is 4. The van der Waals surface area contributed by atoms with Gasteiger partial charge >= 0.3 is 6.55 Å². The third-order valence-electron chi connectivity index (χ3n) is 3.93. The van der Waals surface area contributed by atoms with Crippen molar-refractivity contribution in [2.45, 2.75) is 13.5 Å². The summed E-state index contributed by atoms with van der Waals surface area (Å²) in [5.74, 6) is 0.733. The molecule has 1 aliphatic rings. The van der Waals surface area contributed by atoms with E-state index in [0.717, 1.165) is 6.07 Å². The van der Waals surface area contributed by atoms with E-state index in [-0.39, 0.29) is 46.2 Å². The topological polar surface area (TPSA) is 64.4 Å². The highest BCUT2D eigenvalue weighted by Crippen LogP contribution is 2.38. The minimum absolute atomic E-state index is 0.0693. The Morgan fingerprint density at radius 2 is 2.11 bits per heavy atom. The number of amides is 1. The molecule has 10 heteroatoms. The van der Waals surface area contributed by atoms with Crippen LogP contribution in [0.3, 0.4) is 0 Å². The van der Waals surface area contributed by atoms with E-state index >= 15 is 0 Å². The summed E-state index contributed by atoms with van der Waals surface area (Å²) < 4.78 is 45.9. The van der Waals surface area contributed by atoms with Crippen LogP contribution >= 0.6 is 11.6 Å². The van der Waals surface area contributed by atoms with Gasteiger partial charge in [0.2, 0.25) is 0 Å². The van der Waals surface area contributed by atoms with Gasteiger partial charge in [-0.1, -0.05) is 17.5 Å². The Balaban J connectivity index is 2.24. The number of carbonyl (C=O) groups is 1. The van der Waals surface area contributed by atoms with Gasteiger partial charge in [0.15, 0.2) is 6.61 Å². The maximum Gasteiger partial charge on any atom is 0.322 e. The van der Waals surface area contributed by atoms with Gasteiger partial charge in [-0.15, -0.1) is 6.42 Å². The van der Waals surface area contributed by atoms with Crippen LogP contribution in [0, 0.1) is 25.1 Å². The van der Waals surface area contributed by atoms with Gasteiger partial charge in [0.1, 0.15) is 22.4 Å². The van der Waals surface area contributed by atoms with Crippen molar-refractivity contribution in [3.8, 4) is 29.4 Å². The van der Waals surface area contributed by atoms with Gasteiger partial charge in [-0.2, -0.15) is 8.78 Å². The van der Waals surface area contributed by atoms with Gasteiger partial charge in [-0.3, -0.25) is 14.5 Å². The first kappa shape index (κ1) is 18.8. The normalized spacial score (nSPS) is 13.4. The average molecular weight is 398 g/mol. The van der Waals surface area contributed by atoms with Crippen molar-refractivity contribution >= 4 is 23.2 Å². The van der Waals surface area contributed by atoms with E-state index in [9.17, 15) is 22.8 Å². The molecule has 0 radical (unpaired) electrons. The molecule has 1 aliphatic heterocycles. The lowest BCUT2D eigenvalue weighted by molar-refractivity contribution is -0.121. The van der Waals surface area contributed by atoms with E-state index in [1.54, 1.807) is 0 Å². The third kappa shape index (κ3) is 3.13. The molecule has 3 rings (SSSR count). The molecule has 0 saturated carbocycles. The van der Waals surface area contributed by atoms with Crippen LogP contribution in [0.1, 0.15) is 12.4 Å². The van der Waals surface area contributed by atoms with E-state index in [1.165, 1.54) is 17.9 Å². The highest BCUT2D eigenvalue weighted by atomic mass is 35.5. The molecule has 0 spiro atoms. The van der Waals surface area contributed by atoms with Gasteiger partial charge in [0.25, 0.3) is 11.5 Å². The fraction of sp³-hybridized carbons (Fsp3) is 0.235. The number of hydrogen-bond donors (Lipinski definition) is 0. The Hall–Kier alpha value is -2.99. The zero-order chi connectivity index (χ0) is 19.9. The Labute approximate surface area is 156 Å². The summed E-state index contributed by atoms with van der Waals surface area (Å²) in [4.78, 5) is 29.2. The van der Waals surface area contributed by atoms with Gasteiger partial charge in [0.05, 0.1) is 17.9 Å². The molecule has 140 valence electrons. The lowest BCUT2D eigenvalue weighted by atomic mass is 10.1. The van der Waals surface area contributed by atoms with E-state index in [1.807, 2.05) is 0 Å². The smallest absolute Gasteiger partial charge is 0.322 e. The number of fused-ring (bicyclic) bond motifs is 1. The summed E-state index contributed by atoms with van der Waals surface area (Å²) in [5, 5.41) is -0.675. The minimum atomic E-state index is -3.15. The van der Waals surface area contributed by atoms with Crippen molar-refractivity contribution in [2.75, 3.05) is 18.1 Å². The molecule has 0 bridgehead atoms. The van der Waals surface area contributed by atoms with Crippen LogP contribution in [-0.2, 0) is 4.79 Å². The van der Waals surface area contributed by atoms with Crippen molar-refractivity contribution < 1.29 is 22.7 Å². The second-order valence-electron chi connectivity index (χ2n) is 5.55. The molecule has 1 aromatic heterocycles. The molecule has 0 N–H and O–H groups in total. The fourth-order valence-corrected chi connectivity index (χ4v) is 2.93. The summed E-state index contributed by atoms with van der Waals surface area (Å²) in [6.07, 6.45) is 5.26. The van der Waals surface area contributed by atoms with Crippen LogP contribution in [0.2, 0.25) is 5.02 Å². The van der Waals surface area contributed by atoms with Gasteiger partial charge in [-0.05, 0) is 13.0 Å². The lowest BCUT2D eigenvalue weighted by Crippen LogP contribution is -2.39. The van der Waals surface area contributed by atoms with Gasteiger partial charge < -0.3 is 4.74 Å². The molecule has 0 saturated heterocycles. The first-order valence-electron chi connectivity index (χ1n) is 7.53. The Morgan fingerprint density at radius 3 is 2.74 bits per heavy atom. The molecular weight excluding hydrogens is 387 g/mol. The lowest BCUT2D eigenvalue weighted by Gasteiger charge is -2.28. The molecule has 2 heterocycles. The molecule has 0 fully saturated rings. The fourth-order valence-electron chi connectivity index (χ4n) is 2.70. The van der Waals surface area contributed by atoms with Crippen molar-refractivity contribution in [2.24, 2.45) is 0 Å². The van der Waals surface area contributed by atoms with Crippen LogP contribution < -0.4 is 15.2 Å². The van der Waals surface area contributed by atoms with Crippen molar-refractivity contribution in [1.82, 2.24) is 9.55 Å². The molecule has 2 aromatic rings. The maximum absolute atomic E-state index is 14.6. The first-order valence-corrected chi connectivity index (χ1v) is 7.91. The molecule has 1 amide bonds. The highest BCUT2D eigenvalue weighted by molar-refractivity contribution is 6.32. The number of aromatic nitrogens is 2. The number of benzene rings is 1. The number of hydrogen-bond acceptors (Lipinski definition) is 4. The number of terminal acetylenes is 1. The van der Waals surface area contributed by atoms with Crippen LogP contribution in [0.25, 0.3) is 11.3 Å². The molecule has 0 atom stereocenters. The standard InChI is InChI=1S/C17H11ClF3N3O3/c1-3-4-23-11-5-9(10(19)6-12(11)27-7-13(23)25)15-14(18)16(26)24(17(20)21)8(2)22-15/h1,5-6,17H,4,7H2,2H3. The number of aryl methyl sites for hydroxylation is 1. The van der Waals surface area contributed by atoms with E-state index < -0.39 is 28.9 Å². The molecule has 0 unspecified atom stereocenters. The van der Waals surface area contributed by atoms with Gasteiger partial charge in [0, 0.05) is 11.6 Å². The minimum Gasteiger partial charge on any atom is -0.481 e. The quantitative estimate of drug-likeness (QED) is 0.747. The van der Waals surface area contributed by atoms with Crippen LogP contribution in [0.4, 0.5) is 18.9 Å². The molecule has 0 aliphatic carbocycles. The van der Waals surface area contributed by atoms with E-state index in [4.69, 9.17) is 22.8 Å². The Bertz CT molecular complexity index is 1050. The predicted octanol–water partition coefficient (Wildman–Crippen LogP) is 2.76. The molecule has 27 heavy (non-hydrogen) atoms. The number of rotatable bonds is 3. The summed E-state index contributed by atoms with van der Waals surface area (Å²) in [7, 11) is 0. The molecular formula is C17H11ClF3N3O3. The largest absolute Gasteiger partial charge is 0.481 e. The summed E-state index contributed by atoms with van der Waals surface area (Å²) in [5.41, 5.74) is -1.62. The second-order valence-corrected chi connectivity index (χ2v) is 5.92. The highest BCUT2D eigenvalue weighted by Gasteiger charge is 2.29. The van der Waals surface area contributed by atoms with Crippen LogP contribution in [-0.4, -0.2) is 28.6 Å². The Kier molecular flexibility index (Phi) is 4.85. The predicted molar refractivity (Wildman–Crippen MR) is 91.6 cm³/mol. The number of nitrogens with zero attached hydrogens (tertiary/aromatic N) is 3. The summed E-state index contributed by atoms with van der Waals surface area (Å²) in [6.45, 7) is -2.38. The van der Waals surface area contributed by atoms with Crippen LogP contribution in [0.5, 0.6) is 5.75 Å². The third-order valence-corrected chi connectivity index (χ3v) is 4.27. The zero-order valence-corrected chi connectivity index (χ0v) is 14.6. The second kappa shape index (κ2) is 6.96. The maximum atomic E-state index is 14.6. The number of anilines is 1. The molecule has 1 aromatic carbocycles. The first-order chi connectivity index (χ1) is 12.8. The average Bonchev–Trinajstić information content (AvgIpc) is 2.60. The van der Waals surface area contributed by atoms with E-state index in [2.05, 4.69) is 10.9 Å². The monoisotopic (exact) mass is 397 g/mol. The summed E-state index contributed by atoms with van der Waals surface area (Å²) in [6, 6.07) is 2.19.